The number of hydrogen-bond acceptors (Lipinski definition) is 6. The first kappa shape index (κ1) is 32.7. The largest absolute Gasteiger partial charge is 0.343 e. The van der Waals surface area contributed by atoms with Crippen LogP contribution in [0.1, 0.15) is 71.2 Å². The standard InChI is InChI=1S/C34H40N4O5S/c1-4-22(3)29(31(40)35-5-2)37-20-18-24(23-13-7-6-8-14-23)21-27(34(37)43)36-30(39)28(44)17-11-12-19-38-32(41)25-15-9-10-16-26(25)33(38)42/h4-10,13-16,22,24,27-29,44H,1-2,11-12,17-21H2,3H3,(H,35,40)(H,36,39)/t22?,24-,27+,28?,29+/m1/s1. The summed E-state index contributed by atoms with van der Waals surface area (Å²) in [6.07, 6.45) is 5.38. The van der Waals surface area contributed by atoms with Gasteiger partial charge in [0.25, 0.3) is 11.8 Å². The van der Waals surface area contributed by atoms with Gasteiger partial charge in [-0.3, -0.25) is 28.9 Å². The van der Waals surface area contributed by atoms with Crippen molar-refractivity contribution in [1.29, 1.82) is 0 Å². The monoisotopic (exact) mass is 616 g/mol. The summed E-state index contributed by atoms with van der Waals surface area (Å²) in [7, 11) is 0. The molecule has 2 aromatic rings. The molecule has 2 heterocycles. The number of imide groups is 1. The number of carbonyl (C=O) groups excluding carboxylic acids is 5. The third-order valence-corrected chi connectivity index (χ3v) is 8.91. The third kappa shape index (κ3) is 7.30. The second-order valence-electron chi connectivity index (χ2n) is 11.3. The summed E-state index contributed by atoms with van der Waals surface area (Å²) in [6.45, 7) is 9.83. The van der Waals surface area contributed by atoms with Crippen molar-refractivity contribution >= 4 is 42.2 Å². The Labute approximate surface area is 264 Å². The Hall–Kier alpha value is -4.18. The number of rotatable bonds is 13. The molecule has 2 unspecified atom stereocenters. The quantitative estimate of drug-likeness (QED) is 0.136. The van der Waals surface area contributed by atoms with Gasteiger partial charge >= 0.3 is 0 Å². The number of likely N-dealkylation sites (tertiary alicyclic amines) is 1. The maximum Gasteiger partial charge on any atom is 0.261 e. The number of nitrogens with zero attached hydrogens (tertiary/aromatic N) is 2. The van der Waals surface area contributed by atoms with Gasteiger partial charge in [-0.25, -0.2) is 0 Å². The predicted molar refractivity (Wildman–Crippen MR) is 172 cm³/mol. The first-order valence-corrected chi connectivity index (χ1v) is 15.5. The van der Waals surface area contributed by atoms with Gasteiger partial charge in [-0.05, 0) is 55.5 Å². The van der Waals surface area contributed by atoms with Crippen molar-refractivity contribution in [3.63, 3.8) is 0 Å². The van der Waals surface area contributed by atoms with E-state index in [0.29, 0.717) is 49.8 Å². The molecule has 0 aromatic heterocycles. The van der Waals surface area contributed by atoms with Crippen LogP contribution in [0, 0.1) is 5.92 Å². The Morgan fingerprint density at radius 2 is 1.61 bits per heavy atom. The van der Waals surface area contributed by atoms with Gasteiger partial charge in [0.2, 0.25) is 17.7 Å². The van der Waals surface area contributed by atoms with Crippen LogP contribution in [0.2, 0.25) is 0 Å². The Kier molecular flexibility index (Phi) is 11.2. The molecule has 5 atom stereocenters. The number of amides is 5. The lowest BCUT2D eigenvalue weighted by molar-refractivity contribution is -0.143. The average molecular weight is 617 g/mol. The van der Waals surface area contributed by atoms with Crippen molar-refractivity contribution in [1.82, 2.24) is 20.4 Å². The zero-order valence-electron chi connectivity index (χ0n) is 25.0. The summed E-state index contributed by atoms with van der Waals surface area (Å²) < 4.78 is 0. The molecule has 2 N–H and O–H groups in total. The van der Waals surface area contributed by atoms with Crippen LogP contribution >= 0.6 is 12.6 Å². The normalized spacial score (nSPS) is 20.3. The molecule has 5 amide bonds. The van der Waals surface area contributed by atoms with Gasteiger partial charge in [-0.1, -0.05) is 68.5 Å². The van der Waals surface area contributed by atoms with Gasteiger partial charge in [0, 0.05) is 19.0 Å². The summed E-state index contributed by atoms with van der Waals surface area (Å²) >= 11 is 4.53. The molecule has 232 valence electrons. The van der Waals surface area contributed by atoms with Crippen LogP contribution in [0.25, 0.3) is 0 Å². The summed E-state index contributed by atoms with van der Waals surface area (Å²) in [5, 5.41) is 4.83. The first-order valence-electron chi connectivity index (χ1n) is 15.0. The Morgan fingerprint density at radius 3 is 2.23 bits per heavy atom. The van der Waals surface area contributed by atoms with Crippen LogP contribution in [-0.2, 0) is 14.4 Å². The maximum atomic E-state index is 14.0. The molecule has 0 aliphatic carbocycles. The number of nitrogens with one attached hydrogen (secondary N) is 2. The number of hydrogen-bond donors (Lipinski definition) is 3. The maximum absolute atomic E-state index is 14.0. The van der Waals surface area contributed by atoms with Gasteiger partial charge < -0.3 is 15.5 Å². The molecule has 2 aliphatic heterocycles. The van der Waals surface area contributed by atoms with Crippen molar-refractivity contribution in [2.24, 2.45) is 5.92 Å². The Balaban J connectivity index is 1.42. The van der Waals surface area contributed by atoms with Crippen LogP contribution in [0.15, 0.2) is 80.0 Å². The van der Waals surface area contributed by atoms with Crippen LogP contribution in [0.5, 0.6) is 0 Å². The number of benzene rings is 2. The number of carbonyl (C=O) groups is 5. The second-order valence-corrected chi connectivity index (χ2v) is 11.9. The summed E-state index contributed by atoms with van der Waals surface area (Å²) in [6, 6.07) is 14.9. The van der Waals surface area contributed by atoms with E-state index in [1.54, 1.807) is 35.2 Å². The van der Waals surface area contributed by atoms with Crippen LogP contribution in [0.3, 0.4) is 0 Å². The molecule has 10 heteroatoms. The van der Waals surface area contributed by atoms with Crippen molar-refractivity contribution < 1.29 is 24.0 Å². The smallest absolute Gasteiger partial charge is 0.261 e. The van der Waals surface area contributed by atoms with E-state index < -0.39 is 17.3 Å². The molecular formula is C34H40N4O5S. The molecule has 0 spiro atoms. The summed E-state index contributed by atoms with van der Waals surface area (Å²) in [5.74, 6) is -2.05. The van der Waals surface area contributed by atoms with E-state index in [1.165, 1.54) is 11.1 Å². The first-order chi connectivity index (χ1) is 21.2. The van der Waals surface area contributed by atoms with E-state index in [0.717, 1.165) is 5.56 Å². The molecule has 1 saturated heterocycles. The van der Waals surface area contributed by atoms with Gasteiger partial charge in [-0.2, -0.15) is 12.6 Å². The second kappa shape index (κ2) is 15.0. The van der Waals surface area contributed by atoms with Gasteiger partial charge in [0.15, 0.2) is 0 Å². The average Bonchev–Trinajstić information content (AvgIpc) is 3.16. The van der Waals surface area contributed by atoms with E-state index in [9.17, 15) is 24.0 Å². The lowest BCUT2D eigenvalue weighted by Crippen LogP contribution is -2.57. The highest BCUT2D eigenvalue weighted by atomic mass is 32.1. The number of thiol groups is 1. The van der Waals surface area contributed by atoms with Gasteiger partial charge in [-0.15, -0.1) is 6.58 Å². The third-order valence-electron chi connectivity index (χ3n) is 8.42. The van der Waals surface area contributed by atoms with Crippen molar-refractivity contribution in [2.75, 3.05) is 13.1 Å². The molecule has 44 heavy (non-hydrogen) atoms. The number of fused-ring (bicyclic) bond motifs is 1. The number of unbranched alkanes of at least 4 members (excludes halogenated alkanes) is 1. The minimum Gasteiger partial charge on any atom is -0.343 e. The molecule has 1 fully saturated rings. The lowest BCUT2D eigenvalue weighted by atomic mass is 9.90. The van der Waals surface area contributed by atoms with Crippen molar-refractivity contribution in [3.05, 3.63) is 96.7 Å². The topological polar surface area (TPSA) is 116 Å². The van der Waals surface area contributed by atoms with E-state index >= 15 is 0 Å². The fraction of sp³-hybridized carbons (Fsp3) is 0.382. The highest BCUT2D eigenvalue weighted by molar-refractivity contribution is 7.81. The Bertz CT molecular complexity index is 1380. The van der Waals surface area contributed by atoms with Crippen LogP contribution < -0.4 is 10.6 Å². The van der Waals surface area contributed by atoms with Gasteiger partial charge in [0.05, 0.1) is 16.4 Å². The lowest BCUT2D eigenvalue weighted by Gasteiger charge is -2.34. The molecule has 0 saturated carbocycles. The molecular weight excluding hydrogens is 576 g/mol. The summed E-state index contributed by atoms with van der Waals surface area (Å²) in [4.78, 5) is 68.4. The SMILES string of the molecule is C=CNC(=O)[C@H](C(C)C=C)N1CC[C@@H](c2ccccc2)C[C@H](NC(=O)C(S)CCCCN2C(=O)c3ccccc3C2=O)C1=O. The molecule has 0 bridgehead atoms. The Morgan fingerprint density at radius 1 is 0.977 bits per heavy atom. The fourth-order valence-electron chi connectivity index (χ4n) is 5.96. The van der Waals surface area contributed by atoms with Crippen LogP contribution in [0.4, 0.5) is 0 Å². The van der Waals surface area contributed by atoms with Crippen LogP contribution in [-0.4, -0.2) is 69.8 Å². The highest BCUT2D eigenvalue weighted by Crippen LogP contribution is 2.31. The zero-order chi connectivity index (χ0) is 31.8. The van der Waals surface area contributed by atoms with E-state index in [1.807, 2.05) is 37.3 Å². The minimum absolute atomic E-state index is 0.0179. The van der Waals surface area contributed by atoms with E-state index in [2.05, 4.69) is 36.4 Å². The molecule has 4 rings (SSSR count). The van der Waals surface area contributed by atoms with E-state index in [4.69, 9.17) is 0 Å². The molecule has 0 radical (unpaired) electrons. The highest BCUT2D eigenvalue weighted by Gasteiger charge is 2.40. The van der Waals surface area contributed by atoms with E-state index in [-0.39, 0.29) is 47.9 Å². The summed E-state index contributed by atoms with van der Waals surface area (Å²) in [5.41, 5.74) is 1.87. The van der Waals surface area contributed by atoms with Gasteiger partial charge in [0.1, 0.15) is 12.1 Å². The minimum atomic E-state index is -0.862. The van der Waals surface area contributed by atoms with Crippen molar-refractivity contribution in [3.8, 4) is 0 Å². The molecule has 9 nitrogen and oxygen atoms in total. The molecule has 2 aliphatic rings. The predicted octanol–water partition coefficient (Wildman–Crippen LogP) is 4.09. The fourth-order valence-corrected chi connectivity index (χ4v) is 6.22. The van der Waals surface area contributed by atoms with Crippen molar-refractivity contribution in [2.45, 2.75) is 62.3 Å². The zero-order valence-corrected chi connectivity index (χ0v) is 25.9. The molecule has 2 aromatic carbocycles.